The maximum atomic E-state index is 2.55. The van der Waals surface area contributed by atoms with Crippen molar-refractivity contribution in [3.8, 4) is 22.3 Å². The molecule has 14 rings (SSSR count). The van der Waals surface area contributed by atoms with E-state index in [2.05, 4.69) is 268 Å². The van der Waals surface area contributed by atoms with Crippen molar-refractivity contribution in [1.29, 1.82) is 0 Å². The zero-order chi connectivity index (χ0) is 46.9. The van der Waals surface area contributed by atoms with Crippen LogP contribution >= 0.6 is 0 Å². The Balaban J connectivity index is 0.896. The van der Waals surface area contributed by atoms with Crippen LogP contribution in [0, 0.1) is 0 Å². The molecule has 0 aliphatic heterocycles. The van der Waals surface area contributed by atoms with E-state index in [1.165, 1.54) is 121 Å². The number of hydrogen-bond acceptors (Lipinski definition) is 2. The van der Waals surface area contributed by atoms with Gasteiger partial charge in [0.25, 0.3) is 0 Å². The third-order valence-corrected chi connectivity index (χ3v) is 15.9. The van der Waals surface area contributed by atoms with Crippen LogP contribution in [0.4, 0.5) is 34.1 Å². The van der Waals surface area contributed by atoms with E-state index in [1.54, 1.807) is 0 Å². The van der Waals surface area contributed by atoms with Gasteiger partial charge in [0.2, 0.25) is 0 Å². The monoisotopic (exact) mass is 894 g/mol. The van der Waals surface area contributed by atoms with Gasteiger partial charge in [0.1, 0.15) is 0 Å². The Morgan fingerprint density at radius 3 is 1.11 bits per heavy atom. The lowest BCUT2D eigenvalue weighted by Crippen LogP contribution is -2.18. The molecule has 0 saturated heterocycles. The summed E-state index contributed by atoms with van der Waals surface area (Å²) in [5, 5.41) is 12.4. The summed E-state index contributed by atoms with van der Waals surface area (Å²) in [4.78, 5) is 4.96. The average molecular weight is 895 g/mol. The van der Waals surface area contributed by atoms with Crippen molar-refractivity contribution in [2.75, 3.05) is 9.80 Å². The summed E-state index contributed by atoms with van der Waals surface area (Å²) in [5.74, 6) is 0. The SMILES string of the molecule is CC1(C)c2cc(N(c3cccc4ccccc34)c3cccc4ccccc34)ccc2-c2cc3c(cc21)-c1ccc2cc(N(c4cccc5ccccc45)c4cccc5ccccc45)ccc2c1C3(C)C. The van der Waals surface area contributed by atoms with Gasteiger partial charge in [-0.05, 0) is 137 Å². The first-order valence-electron chi connectivity index (χ1n) is 24.7. The minimum Gasteiger partial charge on any atom is -0.309 e. The highest BCUT2D eigenvalue weighted by Crippen LogP contribution is 2.58. The van der Waals surface area contributed by atoms with Crippen LogP contribution in [0.3, 0.4) is 0 Å². The molecule has 332 valence electrons. The predicted octanol–water partition coefficient (Wildman–Crippen LogP) is 19.0. The van der Waals surface area contributed by atoms with Gasteiger partial charge < -0.3 is 9.80 Å². The van der Waals surface area contributed by atoms with Crippen LogP contribution in [0.15, 0.2) is 231 Å². The van der Waals surface area contributed by atoms with Gasteiger partial charge >= 0.3 is 0 Å². The Hall–Kier alpha value is -8.46. The van der Waals surface area contributed by atoms with Gasteiger partial charge in [-0.25, -0.2) is 0 Å². The Morgan fingerprint density at radius 1 is 0.257 bits per heavy atom. The van der Waals surface area contributed by atoms with Crippen molar-refractivity contribution in [2.45, 2.75) is 38.5 Å². The molecule has 0 N–H and O–H groups in total. The molecule has 0 aromatic heterocycles. The highest BCUT2D eigenvalue weighted by molar-refractivity contribution is 6.08. The van der Waals surface area contributed by atoms with E-state index in [-0.39, 0.29) is 10.8 Å². The lowest BCUT2D eigenvalue weighted by molar-refractivity contribution is 0.654. The minimum absolute atomic E-state index is 0.224. The molecular formula is C68H50N2. The van der Waals surface area contributed by atoms with E-state index in [9.17, 15) is 0 Å². The third kappa shape index (κ3) is 5.86. The van der Waals surface area contributed by atoms with Crippen molar-refractivity contribution in [2.24, 2.45) is 0 Å². The molecule has 70 heavy (non-hydrogen) atoms. The summed E-state index contributed by atoms with van der Waals surface area (Å²) in [6, 6.07) is 86.0. The van der Waals surface area contributed by atoms with Gasteiger partial charge in [0, 0.05) is 43.7 Å². The second-order valence-electron chi connectivity index (χ2n) is 20.5. The fourth-order valence-corrected chi connectivity index (χ4v) is 12.6. The van der Waals surface area contributed by atoms with Crippen molar-refractivity contribution in [1.82, 2.24) is 0 Å². The van der Waals surface area contributed by atoms with E-state index in [1.807, 2.05) is 0 Å². The predicted molar refractivity (Wildman–Crippen MR) is 298 cm³/mol. The number of rotatable bonds is 6. The van der Waals surface area contributed by atoms with E-state index in [0.717, 1.165) is 11.4 Å². The topological polar surface area (TPSA) is 6.48 Å². The molecule has 2 aliphatic rings. The normalized spacial score (nSPS) is 13.9. The van der Waals surface area contributed by atoms with Crippen LogP contribution < -0.4 is 9.80 Å². The van der Waals surface area contributed by atoms with Crippen molar-refractivity contribution >= 4 is 88.0 Å². The molecule has 2 aliphatic carbocycles. The fraction of sp³-hybridized carbons (Fsp3) is 0.0882. The van der Waals surface area contributed by atoms with E-state index in [4.69, 9.17) is 0 Å². The number of hydrogen-bond donors (Lipinski definition) is 0. The van der Waals surface area contributed by atoms with Crippen LogP contribution in [0.5, 0.6) is 0 Å². The number of benzene rings is 12. The standard InChI is InChI=1S/C68H50N2/c1-67(2)59-40-49(70(64-31-15-23-45-19-7-11-27-52(45)64)65-32-16-24-46-20-8-12-28-53(46)65)35-38-55(59)57-41-61-58(42-60(57)67)56-36-33-47-39-48(34-37-54(47)66(56)68(61,3)4)69(62-29-13-21-43-17-5-9-25-50(43)62)63-30-14-22-44-18-6-10-26-51(44)63/h5-42H,1-4H3. The first-order valence-corrected chi connectivity index (χ1v) is 24.7. The minimum atomic E-state index is -0.232. The second kappa shape index (κ2) is 15.0. The van der Waals surface area contributed by atoms with Crippen LogP contribution in [0.1, 0.15) is 49.9 Å². The zero-order valence-corrected chi connectivity index (χ0v) is 39.8. The first-order chi connectivity index (χ1) is 34.2. The summed E-state index contributed by atoms with van der Waals surface area (Å²) in [5.41, 5.74) is 17.5. The molecule has 0 spiro atoms. The molecular weight excluding hydrogens is 845 g/mol. The highest BCUT2D eigenvalue weighted by Gasteiger charge is 2.43. The van der Waals surface area contributed by atoms with E-state index >= 15 is 0 Å². The Bertz CT molecular complexity index is 3980. The van der Waals surface area contributed by atoms with E-state index < -0.39 is 0 Å². The van der Waals surface area contributed by atoms with Crippen LogP contribution in [0.2, 0.25) is 0 Å². The largest absolute Gasteiger partial charge is 0.309 e. The van der Waals surface area contributed by atoms with Gasteiger partial charge in [-0.3, -0.25) is 0 Å². The van der Waals surface area contributed by atoms with Gasteiger partial charge in [-0.1, -0.05) is 198 Å². The molecule has 12 aromatic carbocycles. The number of fused-ring (bicyclic) bond motifs is 12. The Morgan fingerprint density at radius 2 is 0.629 bits per heavy atom. The molecule has 0 radical (unpaired) electrons. The molecule has 0 unspecified atom stereocenters. The Kier molecular flexibility index (Phi) is 8.71. The van der Waals surface area contributed by atoms with Gasteiger partial charge in [0.05, 0.1) is 22.7 Å². The van der Waals surface area contributed by atoms with Gasteiger partial charge in [-0.2, -0.15) is 0 Å². The molecule has 0 saturated carbocycles. The van der Waals surface area contributed by atoms with Crippen molar-refractivity contribution in [3.05, 3.63) is 253 Å². The number of anilines is 6. The second-order valence-corrected chi connectivity index (χ2v) is 20.5. The lowest BCUT2D eigenvalue weighted by Gasteiger charge is -2.30. The molecule has 2 heteroatoms. The smallest absolute Gasteiger partial charge is 0.0540 e. The summed E-state index contributed by atoms with van der Waals surface area (Å²) in [6.07, 6.45) is 0. The van der Waals surface area contributed by atoms with Gasteiger partial charge in [-0.15, -0.1) is 0 Å². The Labute approximate surface area is 409 Å². The summed E-state index contributed by atoms with van der Waals surface area (Å²) < 4.78 is 0. The van der Waals surface area contributed by atoms with Crippen LogP contribution in [0.25, 0.3) is 76.1 Å². The van der Waals surface area contributed by atoms with Crippen LogP contribution in [-0.4, -0.2) is 0 Å². The van der Waals surface area contributed by atoms with Gasteiger partial charge in [0.15, 0.2) is 0 Å². The summed E-state index contributed by atoms with van der Waals surface area (Å²) in [7, 11) is 0. The maximum Gasteiger partial charge on any atom is 0.0540 e. The molecule has 0 atom stereocenters. The van der Waals surface area contributed by atoms with Crippen molar-refractivity contribution in [3.63, 3.8) is 0 Å². The fourth-order valence-electron chi connectivity index (χ4n) is 12.6. The first kappa shape index (κ1) is 40.6. The molecule has 0 fully saturated rings. The summed E-state index contributed by atoms with van der Waals surface area (Å²) >= 11 is 0. The highest BCUT2D eigenvalue weighted by atomic mass is 15.2. The molecule has 0 bridgehead atoms. The van der Waals surface area contributed by atoms with Crippen LogP contribution in [-0.2, 0) is 10.8 Å². The maximum absolute atomic E-state index is 2.55. The van der Waals surface area contributed by atoms with Crippen molar-refractivity contribution < 1.29 is 0 Å². The number of nitrogens with zero attached hydrogens (tertiary/aromatic N) is 2. The lowest BCUT2D eigenvalue weighted by atomic mass is 9.78. The third-order valence-electron chi connectivity index (χ3n) is 15.9. The summed E-state index contributed by atoms with van der Waals surface area (Å²) in [6.45, 7) is 9.72. The van der Waals surface area contributed by atoms with E-state index in [0.29, 0.717) is 0 Å². The molecule has 0 amide bonds. The average Bonchev–Trinajstić information content (AvgIpc) is 3.77. The zero-order valence-electron chi connectivity index (χ0n) is 39.8. The molecule has 2 nitrogen and oxygen atoms in total. The quantitative estimate of drug-likeness (QED) is 0.164. The molecule has 12 aromatic rings. The molecule has 0 heterocycles.